The number of hydrogen-bond donors (Lipinski definition) is 0. The van der Waals surface area contributed by atoms with Crippen molar-refractivity contribution in [2.24, 2.45) is 4.99 Å². The zero-order valence-electron chi connectivity index (χ0n) is 5.33. The summed E-state index contributed by atoms with van der Waals surface area (Å²) in [5.41, 5.74) is 0.369. The van der Waals surface area contributed by atoms with E-state index in [1.807, 2.05) is 13.0 Å². The summed E-state index contributed by atoms with van der Waals surface area (Å²) in [4.78, 5) is 3.73. The summed E-state index contributed by atoms with van der Waals surface area (Å²) in [6.07, 6.45) is 4.80. The van der Waals surface area contributed by atoms with Gasteiger partial charge < -0.3 is 0 Å². The van der Waals surface area contributed by atoms with Crippen molar-refractivity contribution in [3.63, 3.8) is 0 Å². The third kappa shape index (κ3) is 4.49. The molecule has 0 bridgehead atoms. The first-order chi connectivity index (χ1) is 4.31. The molecule has 0 radical (unpaired) electrons. The van der Waals surface area contributed by atoms with Gasteiger partial charge in [0, 0.05) is 12.4 Å². The fourth-order valence-corrected chi connectivity index (χ4v) is 0.248. The lowest BCUT2D eigenvalue weighted by Gasteiger charge is -1.75. The predicted molar refractivity (Wildman–Crippen MR) is 38.1 cm³/mol. The molecule has 0 N–H and O–H groups in total. The highest BCUT2D eigenvalue weighted by molar-refractivity contribution is 5.82. The maximum atomic E-state index is 8.17. The Hall–Kier alpha value is -1.36. The molecule has 0 aliphatic rings. The number of aliphatic imine (C=N–C) groups is 1. The van der Waals surface area contributed by atoms with Crippen LogP contribution in [0.2, 0.25) is 0 Å². The molecule has 0 rings (SSSR count). The maximum Gasteiger partial charge on any atom is 0.100 e. The van der Waals surface area contributed by atoms with Crippen LogP contribution in [-0.4, -0.2) is 6.21 Å². The Morgan fingerprint density at radius 3 is 2.89 bits per heavy atom. The average molecular weight is 120 g/mol. The number of hydrogen-bond acceptors (Lipinski definition) is 2. The molecular formula is C7H8N2. The van der Waals surface area contributed by atoms with E-state index in [-0.39, 0.29) is 0 Å². The van der Waals surface area contributed by atoms with E-state index in [2.05, 4.69) is 11.6 Å². The molecule has 0 atom stereocenters. The van der Waals surface area contributed by atoms with Gasteiger partial charge in [-0.3, -0.25) is 4.99 Å². The molecule has 0 spiro atoms. The second-order valence-corrected chi connectivity index (χ2v) is 1.40. The van der Waals surface area contributed by atoms with Gasteiger partial charge in [-0.2, -0.15) is 5.26 Å². The topological polar surface area (TPSA) is 36.1 Å². The van der Waals surface area contributed by atoms with Crippen molar-refractivity contribution in [2.75, 3.05) is 0 Å². The van der Waals surface area contributed by atoms with Gasteiger partial charge in [0.05, 0.1) is 5.57 Å². The first-order valence-corrected chi connectivity index (χ1v) is 2.54. The van der Waals surface area contributed by atoms with Gasteiger partial charge in [0.1, 0.15) is 6.07 Å². The van der Waals surface area contributed by atoms with E-state index in [1.165, 1.54) is 6.21 Å². The SMILES string of the molecule is C=C(C#N)C=N/C=C\C. The lowest BCUT2D eigenvalue weighted by molar-refractivity contribution is 1.50. The molecule has 0 aliphatic heterocycles. The molecule has 9 heavy (non-hydrogen) atoms. The molecule has 0 heterocycles. The first-order valence-electron chi connectivity index (χ1n) is 2.54. The summed E-state index contributed by atoms with van der Waals surface area (Å²) in [5.74, 6) is 0. The Morgan fingerprint density at radius 2 is 2.44 bits per heavy atom. The van der Waals surface area contributed by atoms with Gasteiger partial charge in [-0.05, 0) is 6.92 Å². The molecule has 0 amide bonds. The molecule has 0 saturated carbocycles. The molecule has 0 aromatic heterocycles. The number of rotatable bonds is 2. The molecular weight excluding hydrogens is 112 g/mol. The highest BCUT2D eigenvalue weighted by Crippen LogP contribution is 1.80. The van der Waals surface area contributed by atoms with Crippen LogP contribution in [0.15, 0.2) is 29.4 Å². The molecule has 2 heteroatoms. The van der Waals surface area contributed by atoms with E-state index in [0.717, 1.165) is 0 Å². The fourth-order valence-electron chi connectivity index (χ4n) is 0.248. The van der Waals surface area contributed by atoms with E-state index in [4.69, 9.17) is 5.26 Å². The number of nitrogens with zero attached hydrogens (tertiary/aromatic N) is 2. The molecule has 0 aromatic carbocycles. The van der Waals surface area contributed by atoms with Gasteiger partial charge in [0.15, 0.2) is 0 Å². The largest absolute Gasteiger partial charge is 0.264 e. The van der Waals surface area contributed by atoms with Crippen molar-refractivity contribution in [2.45, 2.75) is 6.92 Å². The van der Waals surface area contributed by atoms with Crippen LogP contribution in [-0.2, 0) is 0 Å². The van der Waals surface area contributed by atoms with Gasteiger partial charge in [0.25, 0.3) is 0 Å². The van der Waals surface area contributed by atoms with Crippen LogP contribution in [0.1, 0.15) is 6.92 Å². The highest BCUT2D eigenvalue weighted by atomic mass is 14.7. The van der Waals surface area contributed by atoms with Crippen molar-refractivity contribution in [3.05, 3.63) is 24.4 Å². The summed E-state index contributed by atoms with van der Waals surface area (Å²) < 4.78 is 0. The van der Waals surface area contributed by atoms with Crippen LogP contribution in [0.5, 0.6) is 0 Å². The number of allylic oxidation sites excluding steroid dienone is 2. The Labute approximate surface area is 54.8 Å². The zero-order chi connectivity index (χ0) is 7.11. The predicted octanol–water partition coefficient (Wildman–Crippen LogP) is 1.67. The average Bonchev–Trinajstić information content (AvgIpc) is 1.89. The molecule has 0 fully saturated rings. The van der Waals surface area contributed by atoms with Gasteiger partial charge in [-0.15, -0.1) is 0 Å². The van der Waals surface area contributed by atoms with Crippen LogP contribution in [0.25, 0.3) is 0 Å². The van der Waals surface area contributed by atoms with Crippen molar-refractivity contribution >= 4 is 6.21 Å². The Bertz CT molecular complexity index is 182. The molecule has 0 saturated heterocycles. The summed E-state index contributed by atoms with van der Waals surface area (Å²) in [7, 11) is 0. The van der Waals surface area contributed by atoms with Crippen LogP contribution in [0.4, 0.5) is 0 Å². The fraction of sp³-hybridized carbons (Fsp3) is 0.143. The number of nitriles is 1. The van der Waals surface area contributed by atoms with E-state index in [1.54, 1.807) is 12.3 Å². The van der Waals surface area contributed by atoms with E-state index in [9.17, 15) is 0 Å². The third-order valence-corrected chi connectivity index (χ3v) is 0.609. The van der Waals surface area contributed by atoms with Gasteiger partial charge in [-0.25, -0.2) is 0 Å². The highest BCUT2D eigenvalue weighted by Gasteiger charge is 1.76. The first kappa shape index (κ1) is 7.64. The Morgan fingerprint density at radius 1 is 1.78 bits per heavy atom. The standard InChI is InChI=1S/C7H8N2/c1-3-4-9-6-7(2)5-8/h3-4,6H,2H2,1H3/b4-3-,9-6?. The van der Waals surface area contributed by atoms with Crippen LogP contribution >= 0.6 is 0 Å². The van der Waals surface area contributed by atoms with Crippen LogP contribution in [0, 0.1) is 11.3 Å². The lowest BCUT2D eigenvalue weighted by atomic mass is 10.4. The van der Waals surface area contributed by atoms with Crippen molar-refractivity contribution in [3.8, 4) is 6.07 Å². The van der Waals surface area contributed by atoms with Crippen LogP contribution in [0.3, 0.4) is 0 Å². The lowest BCUT2D eigenvalue weighted by Crippen LogP contribution is -1.72. The van der Waals surface area contributed by atoms with Crippen molar-refractivity contribution in [1.29, 1.82) is 5.26 Å². The minimum absolute atomic E-state index is 0.369. The van der Waals surface area contributed by atoms with Gasteiger partial charge in [-0.1, -0.05) is 12.7 Å². The summed E-state index contributed by atoms with van der Waals surface area (Å²) in [6, 6.07) is 1.85. The maximum absolute atomic E-state index is 8.17. The van der Waals surface area contributed by atoms with Gasteiger partial charge in [0.2, 0.25) is 0 Å². The Balaban J connectivity index is 3.75. The summed E-state index contributed by atoms with van der Waals surface area (Å²) in [6.45, 7) is 5.25. The minimum Gasteiger partial charge on any atom is -0.264 e. The second kappa shape index (κ2) is 4.79. The van der Waals surface area contributed by atoms with Crippen molar-refractivity contribution in [1.82, 2.24) is 0 Å². The molecule has 46 valence electrons. The zero-order valence-corrected chi connectivity index (χ0v) is 5.33. The van der Waals surface area contributed by atoms with Gasteiger partial charge >= 0.3 is 0 Å². The Kier molecular flexibility index (Phi) is 4.07. The molecule has 2 nitrogen and oxygen atoms in total. The smallest absolute Gasteiger partial charge is 0.100 e. The monoisotopic (exact) mass is 120 g/mol. The molecule has 0 unspecified atom stereocenters. The molecule has 0 aliphatic carbocycles. The van der Waals surface area contributed by atoms with Crippen molar-refractivity contribution < 1.29 is 0 Å². The van der Waals surface area contributed by atoms with E-state index < -0.39 is 0 Å². The third-order valence-electron chi connectivity index (χ3n) is 0.609. The normalized spacial score (nSPS) is 10.2. The summed E-state index contributed by atoms with van der Waals surface area (Å²) >= 11 is 0. The van der Waals surface area contributed by atoms with E-state index in [0.29, 0.717) is 5.57 Å². The summed E-state index contributed by atoms with van der Waals surface area (Å²) in [5, 5.41) is 8.17. The molecule has 0 aromatic rings. The minimum atomic E-state index is 0.369. The quantitative estimate of drug-likeness (QED) is 0.403. The van der Waals surface area contributed by atoms with Crippen LogP contribution < -0.4 is 0 Å². The second-order valence-electron chi connectivity index (χ2n) is 1.40. The van der Waals surface area contributed by atoms with E-state index >= 15 is 0 Å².